The topological polar surface area (TPSA) is 44.2 Å². The number of hydrogen-bond acceptors (Lipinski definition) is 3. The van der Waals surface area contributed by atoms with E-state index >= 15 is 0 Å². The van der Waals surface area contributed by atoms with Crippen molar-refractivity contribution in [3.63, 3.8) is 0 Å². The molecule has 0 spiro atoms. The lowest BCUT2D eigenvalue weighted by molar-refractivity contribution is -0.142. The van der Waals surface area contributed by atoms with Crippen molar-refractivity contribution in [2.45, 2.75) is 51.3 Å². The third-order valence-electron chi connectivity index (χ3n) is 4.88. The van der Waals surface area contributed by atoms with Crippen LogP contribution in [0.4, 0.5) is 39.5 Å². The average molecular weight is 528 g/mol. The summed E-state index contributed by atoms with van der Waals surface area (Å²) in [6.45, 7) is 2.48. The second-order valence-corrected chi connectivity index (χ2v) is 7.82. The van der Waals surface area contributed by atoms with Crippen molar-refractivity contribution in [3.8, 4) is 0 Å². The lowest BCUT2D eigenvalue weighted by Crippen LogP contribution is -2.30. The molecule has 0 atom stereocenters. The van der Waals surface area contributed by atoms with Crippen molar-refractivity contribution in [3.05, 3.63) is 70.8 Å². The minimum atomic E-state index is -4.64. The molecule has 2 aromatic rings. The van der Waals surface area contributed by atoms with Crippen LogP contribution in [0.5, 0.6) is 0 Å². The predicted octanol–water partition coefficient (Wildman–Crippen LogP) is 7.64. The van der Waals surface area contributed by atoms with Crippen molar-refractivity contribution in [1.29, 1.82) is 5.41 Å². The molecule has 1 fully saturated rings. The van der Waals surface area contributed by atoms with Gasteiger partial charge in [-0.15, -0.1) is 0 Å². The maximum absolute atomic E-state index is 12.9. The molecule has 3 rings (SSSR count). The molecule has 200 valence electrons. The summed E-state index contributed by atoms with van der Waals surface area (Å²) in [6.07, 6.45) is -9.98. The normalized spacial score (nSPS) is 14.6. The van der Waals surface area contributed by atoms with E-state index in [1.807, 2.05) is 0 Å². The molecule has 0 amide bonds. The van der Waals surface area contributed by atoms with Crippen molar-refractivity contribution < 1.29 is 44.3 Å². The van der Waals surface area contributed by atoms with Crippen LogP contribution in [0.25, 0.3) is 0 Å². The van der Waals surface area contributed by atoms with E-state index in [9.17, 15) is 44.3 Å². The number of hydrogen-bond donors (Lipinski definition) is 1. The number of nitrogens with one attached hydrogen (secondary N) is 1. The van der Waals surface area contributed by atoms with Crippen molar-refractivity contribution >= 4 is 12.0 Å². The second-order valence-electron chi connectivity index (χ2n) is 7.82. The van der Waals surface area contributed by atoms with Gasteiger partial charge >= 0.3 is 18.5 Å². The highest BCUT2D eigenvalue weighted by atomic mass is 19.4. The maximum Gasteiger partial charge on any atom is 0.416 e. The van der Waals surface area contributed by atoms with Crippen LogP contribution in [-0.4, -0.2) is 30.0 Å². The SMILES string of the molecule is CC(=O)C=N.FC(F)(F)c1ccc(C(F)(F)F)c(CN2CCCCC2)c1.FC(F)(F)c1ccccc1. The number of carbonyl (C=O) groups excluding carboxylic acids is 1. The van der Waals surface area contributed by atoms with Gasteiger partial charge < -0.3 is 5.41 Å². The van der Waals surface area contributed by atoms with Crippen LogP contribution >= 0.6 is 0 Å². The summed E-state index contributed by atoms with van der Waals surface area (Å²) >= 11 is 0. The molecule has 0 saturated carbocycles. The third kappa shape index (κ3) is 11.2. The van der Waals surface area contributed by atoms with Gasteiger partial charge in [0, 0.05) is 13.5 Å². The van der Waals surface area contributed by atoms with Gasteiger partial charge in [0.1, 0.15) is 0 Å². The number of halogens is 9. The summed E-state index contributed by atoms with van der Waals surface area (Å²) in [7, 11) is 0. The van der Waals surface area contributed by atoms with Gasteiger partial charge in [-0.05, 0) is 49.7 Å². The van der Waals surface area contributed by atoms with E-state index in [0.29, 0.717) is 31.3 Å². The molecule has 0 aliphatic carbocycles. The molecule has 1 saturated heterocycles. The van der Waals surface area contributed by atoms with Gasteiger partial charge in [-0.3, -0.25) is 9.69 Å². The highest BCUT2D eigenvalue weighted by Gasteiger charge is 2.37. The average Bonchev–Trinajstić information content (AvgIpc) is 2.79. The molecule has 0 aromatic heterocycles. The van der Waals surface area contributed by atoms with Gasteiger partial charge in [0.05, 0.1) is 22.9 Å². The van der Waals surface area contributed by atoms with Gasteiger partial charge in [-0.1, -0.05) is 36.8 Å². The summed E-state index contributed by atoms with van der Waals surface area (Å²) in [6, 6.07) is 8.00. The fraction of sp³-hybridized carbons (Fsp3) is 0.417. The third-order valence-corrected chi connectivity index (χ3v) is 4.88. The Morgan fingerprint density at radius 3 is 1.69 bits per heavy atom. The highest BCUT2D eigenvalue weighted by molar-refractivity contribution is 6.24. The maximum atomic E-state index is 12.9. The standard InChI is InChI=1S/C14H15F6N.C7H5F3.C3H5NO/c15-13(16,17)11-4-5-12(14(18,19)20)10(8-11)9-21-6-2-1-3-7-21;8-7(9,10)6-4-2-1-3-5-6;1-3(5)2-4/h4-5,8H,1-3,6-7,9H2;1-5H;2,4H,1H3. The predicted molar refractivity (Wildman–Crippen MR) is 116 cm³/mol. The molecule has 0 radical (unpaired) electrons. The molecule has 1 N–H and O–H groups in total. The minimum absolute atomic E-state index is 0.0984. The first-order valence-electron chi connectivity index (χ1n) is 10.7. The van der Waals surface area contributed by atoms with E-state index in [4.69, 9.17) is 5.41 Å². The van der Waals surface area contributed by atoms with E-state index in [1.54, 1.807) is 11.0 Å². The summed E-state index contributed by atoms with van der Waals surface area (Å²) in [5.41, 5.74) is -2.93. The number of Topliss-reactive ketones (excluding diaryl/α,β-unsaturated/α-hetero) is 1. The number of rotatable bonds is 3. The first-order valence-corrected chi connectivity index (χ1v) is 10.7. The number of ketones is 1. The Bertz CT molecular complexity index is 962. The number of benzene rings is 2. The molecule has 1 heterocycles. The Balaban J connectivity index is 0.000000356. The van der Waals surface area contributed by atoms with Gasteiger partial charge in [-0.25, -0.2) is 0 Å². The summed E-state index contributed by atoms with van der Waals surface area (Å²) in [5, 5.41) is 6.18. The zero-order valence-electron chi connectivity index (χ0n) is 19.2. The fourth-order valence-electron chi connectivity index (χ4n) is 3.16. The molecular weight excluding hydrogens is 503 g/mol. The molecule has 12 heteroatoms. The van der Waals surface area contributed by atoms with E-state index in [1.165, 1.54) is 19.1 Å². The number of nitrogens with zero attached hydrogens (tertiary/aromatic N) is 1. The van der Waals surface area contributed by atoms with Crippen LogP contribution in [0.15, 0.2) is 48.5 Å². The summed E-state index contributed by atoms with van der Waals surface area (Å²) < 4.78 is 112. The largest absolute Gasteiger partial charge is 0.416 e. The fourth-order valence-corrected chi connectivity index (χ4v) is 3.16. The molecule has 2 aromatic carbocycles. The van der Waals surface area contributed by atoms with Crippen LogP contribution in [-0.2, 0) is 29.9 Å². The lowest BCUT2D eigenvalue weighted by atomic mass is 10.0. The molecule has 0 unspecified atom stereocenters. The monoisotopic (exact) mass is 528 g/mol. The smallest absolute Gasteiger partial charge is 0.305 e. The number of alkyl halides is 9. The van der Waals surface area contributed by atoms with Gasteiger partial charge in [0.15, 0.2) is 5.78 Å². The zero-order chi connectivity index (χ0) is 27.6. The quantitative estimate of drug-likeness (QED) is 0.329. The van der Waals surface area contributed by atoms with Gasteiger partial charge in [-0.2, -0.15) is 39.5 Å². The molecule has 1 aliphatic rings. The Labute approximate surface area is 202 Å². The van der Waals surface area contributed by atoms with E-state index in [2.05, 4.69) is 0 Å². The Morgan fingerprint density at radius 1 is 0.806 bits per heavy atom. The number of piperidine rings is 1. The van der Waals surface area contributed by atoms with Crippen molar-refractivity contribution in [2.75, 3.05) is 13.1 Å². The molecule has 36 heavy (non-hydrogen) atoms. The summed E-state index contributed by atoms with van der Waals surface area (Å²) in [4.78, 5) is 11.3. The van der Waals surface area contributed by atoms with Crippen LogP contribution in [0, 0.1) is 5.41 Å². The number of carbonyl (C=O) groups is 1. The molecule has 1 aliphatic heterocycles. The highest BCUT2D eigenvalue weighted by Crippen LogP contribution is 2.37. The van der Waals surface area contributed by atoms with Crippen LogP contribution in [0.3, 0.4) is 0 Å². The summed E-state index contributed by atoms with van der Waals surface area (Å²) in [5.74, 6) is -0.204. The van der Waals surface area contributed by atoms with Gasteiger partial charge in [0.25, 0.3) is 0 Å². The Hall–Kier alpha value is -2.89. The molecular formula is C24H25F9N2O. The first kappa shape index (κ1) is 31.1. The first-order chi connectivity index (χ1) is 16.6. The molecule has 0 bridgehead atoms. The van der Waals surface area contributed by atoms with Crippen molar-refractivity contribution in [1.82, 2.24) is 4.90 Å². The van der Waals surface area contributed by atoms with Crippen LogP contribution in [0.1, 0.15) is 48.4 Å². The van der Waals surface area contributed by atoms with Crippen LogP contribution < -0.4 is 0 Å². The van der Waals surface area contributed by atoms with Crippen LogP contribution in [0.2, 0.25) is 0 Å². The Kier molecular flexibility index (Phi) is 11.6. The minimum Gasteiger partial charge on any atom is -0.305 e. The zero-order valence-corrected chi connectivity index (χ0v) is 19.2. The van der Waals surface area contributed by atoms with Gasteiger partial charge in [0.2, 0.25) is 0 Å². The van der Waals surface area contributed by atoms with E-state index < -0.39 is 35.2 Å². The van der Waals surface area contributed by atoms with E-state index in [-0.39, 0.29) is 17.9 Å². The molecule has 3 nitrogen and oxygen atoms in total. The second kappa shape index (κ2) is 13.4. The van der Waals surface area contributed by atoms with Crippen molar-refractivity contribution in [2.24, 2.45) is 0 Å². The Morgan fingerprint density at radius 2 is 1.31 bits per heavy atom. The van der Waals surface area contributed by atoms with E-state index in [0.717, 1.165) is 37.6 Å². The number of likely N-dealkylation sites (tertiary alicyclic amines) is 1. The lowest BCUT2D eigenvalue weighted by Gasteiger charge is -2.28.